The van der Waals surface area contributed by atoms with Crippen molar-refractivity contribution in [1.29, 1.82) is 0 Å². The number of carbonyl (C=O) groups is 1. The van der Waals surface area contributed by atoms with E-state index in [1.165, 1.54) is 6.92 Å². The summed E-state index contributed by atoms with van der Waals surface area (Å²) < 4.78 is 23.7. The first-order valence-electron chi connectivity index (χ1n) is 6.19. The average molecular weight is 262 g/mol. The van der Waals surface area contributed by atoms with Crippen LogP contribution >= 0.6 is 0 Å². The molecule has 0 aliphatic carbocycles. The van der Waals surface area contributed by atoms with Gasteiger partial charge in [0.25, 0.3) is 0 Å². The smallest absolute Gasteiger partial charge is 0.240 e. The summed E-state index contributed by atoms with van der Waals surface area (Å²) in [4.78, 5) is 13.7. The van der Waals surface area contributed by atoms with Gasteiger partial charge in [0.2, 0.25) is 5.91 Å². The zero-order chi connectivity index (χ0) is 12.9. The maximum absolute atomic E-state index is 12.0. The SMILES string of the molecule is CC(C(=O)N1CCCCC1)S(=O)(=O)CCCN. The third kappa shape index (κ3) is 3.96. The molecular weight excluding hydrogens is 240 g/mol. The van der Waals surface area contributed by atoms with Crippen molar-refractivity contribution in [2.75, 3.05) is 25.4 Å². The molecule has 1 aliphatic heterocycles. The fourth-order valence-corrected chi connectivity index (χ4v) is 3.37. The number of likely N-dealkylation sites (tertiary alicyclic amines) is 1. The van der Waals surface area contributed by atoms with Crippen LogP contribution in [0.3, 0.4) is 0 Å². The number of piperidine rings is 1. The quantitative estimate of drug-likeness (QED) is 0.765. The summed E-state index contributed by atoms with van der Waals surface area (Å²) in [5.41, 5.74) is 5.29. The summed E-state index contributed by atoms with van der Waals surface area (Å²) in [7, 11) is -3.34. The van der Waals surface area contributed by atoms with E-state index in [0.29, 0.717) is 26.1 Å². The molecule has 0 aromatic carbocycles. The molecule has 6 heteroatoms. The second-order valence-corrected chi connectivity index (χ2v) is 6.98. The number of sulfone groups is 1. The molecular formula is C11H22N2O3S. The summed E-state index contributed by atoms with van der Waals surface area (Å²) in [6.45, 7) is 3.21. The van der Waals surface area contributed by atoms with Gasteiger partial charge in [0.1, 0.15) is 5.25 Å². The van der Waals surface area contributed by atoms with E-state index in [-0.39, 0.29) is 11.7 Å². The number of nitrogens with two attached hydrogens (primary N) is 1. The molecule has 1 atom stereocenters. The lowest BCUT2D eigenvalue weighted by Crippen LogP contribution is -2.44. The molecule has 1 amide bonds. The van der Waals surface area contributed by atoms with Gasteiger partial charge in [-0.15, -0.1) is 0 Å². The summed E-state index contributed by atoms with van der Waals surface area (Å²) in [6, 6.07) is 0. The van der Waals surface area contributed by atoms with Crippen molar-refractivity contribution in [1.82, 2.24) is 4.90 Å². The number of hydrogen-bond acceptors (Lipinski definition) is 4. The van der Waals surface area contributed by atoms with E-state index < -0.39 is 15.1 Å². The minimum absolute atomic E-state index is 0.00421. The van der Waals surface area contributed by atoms with Crippen LogP contribution in [0.1, 0.15) is 32.6 Å². The van der Waals surface area contributed by atoms with Crippen LogP contribution < -0.4 is 5.73 Å². The highest BCUT2D eigenvalue weighted by Gasteiger charge is 2.31. The molecule has 0 spiro atoms. The van der Waals surface area contributed by atoms with Gasteiger partial charge in [-0.25, -0.2) is 8.42 Å². The Hall–Kier alpha value is -0.620. The highest BCUT2D eigenvalue weighted by Crippen LogP contribution is 2.14. The Bertz CT molecular complexity index is 348. The zero-order valence-corrected chi connectivity index (χ0v) is 11.2. The van der Waals surface area contributed by atoms with Gasteiger partial charge < -0.3 is 10.6 Å². The normalized spacial score (nSPS) is 19.1. The first-order valence-corrected chi connectivity index (χ1v) is 7.91. The summed E-state index contributed by atoms with van der Waals surface area (Å²) in [5, 5.41) is -0.924. The van der Waals surface area contributed by atoms with Gasteiger partial charge in [0.05, 0.1) is 5.75 Å². The number of hydrogen-bond donors (Lipinski definition) is 1. The van der Waals surface area contributed by atoms with Crippen LogP contribution in [0.15, 0.2) is 0 Å². The molecule has 1 fully saturated rings. The molecule has 1 saturated heterocycles. The lowest BCUT2D eigenvalue weighted by atomic mass is 10.1. The van der Waals surface area contributed by atoms with Crippen molar-refractivity contribution in [2.24, 2.45) is 5.73 Å². The highest BCUT2D eigenvalue weighted by atomic mass is 32.2. The minimum Gasteiger partial charge on any atom is -0.342 e. The van der Waals surface area contributed by atoms with Crippen LogP contribution in [-0.2, 0) is 14.6 Å². The van der Waals surface area contributed by atoms with Crippen LogP contribution in [0, 0.1) is 0 Å². The van der Waals surface area contributed by atoms with Gasteiger partial charge >= 0.3 is 0 Å². The first-order chi connectivity index (χ1) is 7.99. The molecule has 1 aliphatic rings. The standard InChI is InChI=1S/C11H22N2O3S/c1-10(17(15,16)9-5-6-12)11(14)13-7-3-2-4-8-13/h10H,2-9,12H2,1H3. The third-order valence-corrected chi connectivity index (χ3v) is 5.32. The molecule has 1 rings (SSSR count). The Kier molecular flexibility index (Phi) is 5.39. The van der Waals surface area contributed by atoms with Crippen molar-refractivity contribution >= 4 is 15.7 Å². The maximum Gasteiger partial charge on any atom is 0.240 e. The van der Waals surface area contributed by atoms with Crippen LogP contribution in [0.5, 0.6) is 0 Å². The second kappa shape index (κ2) is 6.35. The van der Waals surface area contributed by atoms with Crippen LogP contribution in [-0.4, -0.2) is 49.9 Å². The van der Waals surface area contributed by atoms with E-state index in [1.807, 2.05) is 0 Å². The van der Waals surface area contributed by atoms with Crippen LogP contribution in [0.2, 0.25) is 0 Å². The predicted octanol–water partition coefficient (Wildman–Crippen LogP) is 0.151. The number of nitrogens with zero attached hydrogens (tertiary/aromatic N) is 1. The van der Waals surface area contributed by atoms with Crippen molar-refractivity contribution in [2.45, 2.75) is 37.9 Å². The Balaban J connectivity index is 2.61. The lowest BCUT2D eigenvalue weighted by Gasteiger charge is -2.29. The van der Waals surface area contributed by atoms with Crippen LogP contribution in [0.4, 0.5) is 0 Å². The summed E-state index contributed by atoms with van der Waals surface area (Å²) >= 11 is 0. The molecule has 1 heterocycles. The Labute approximate surface area is 103 Å². The van der Waals surface area contributed by atoms with Crippen molar-refractivity contribution < 1.29 is 13.2 Å². The monoisotopic (exact) mass is 262 g/mol. The Morgan fingerprint density at radius 2 is 1.88 bits per heavy atom. The van der Waals surface area contributed by atoms with E-state index >= 15 is 0 Å². The van der Waals surface area contributed by atoms with Crippen LogP contribution in [0.25, 0.3) is 0 Å². The highest BCUT2D eigenvalue weighted by molar-refractivity contribution is 7.92. The number of amides is 1. The topological polar surface area (TPSA) is 80.5 Å². The summed E-state index contributed by atoms with van der Waals surface area (Å²) in [6.07, 6.45) is 3.49. The Morgan fingerprint density at radius 1 is 1.29 bits per heavy atom. The number of rotatable bonds is 5. The predicted molar refractivity (Wildman–Crippen MR) is 67.4 cm³/mol. The van der Waals surface area contributed by atoms with Gasteiger partial charge in [-0.3, -0.25) is 4.79 Å². The molecule has 5 nitrogen and oxygen atoms in total. The molecule has 100 valence electrons. The minimum atomic E-state index is -3.34. The largest absolute Gasteiger partial charge is 0.342 e. The van der Waals surface area contributed by atoms with Crippen molar-refractivity contribution in [3.63, 3.8) is 0 Å². The molecule has 0 aromatic heterocycles. The van der Waals surface area contributed by atoms with Crippen molar-refractivity contribution in [3.8, 4) is 0 Å². The lowest BCUT2D eigenvalue weighted by molar-refractivity contribution is -0.131. The van der Waals surface area contributed by atoms with Gasteiger partial charge in [-0.1, -0.05) is 0 Å². The fourth-order valence-electron chi connectivity index (χ4n) is 1.99. The molecule has 0 saturated carbocycles. The molecule has 0 aromatic rings. The van der Waals surface area contributed by atoms with Gasteiger partial charge in [0, 0.05) is 13.1 Å². The summed E-state index contributed by atoms with van der Waals surface area (Å²) in [5.74, 6) is -0.244. The van der Waals surface area contributed by atoms with E-state index in [2.05, 4.69) is 0 Å². The van der Waals surface area contributed by atoms with Gasteiger partial charge in [-0.05, 0) is 39.2 Å². The van der Waals surface area contributed by atoms with E-state index in [4.69, 9.17) is 5.73 Å². The molecule has 1 unspecified atom stereocenters. The van der Waals surface area contributed by atoms with Gasteiger partial charge in [-0.2, -0.15) is 0 Å². The molecule has 0 radical (unpaired) electrons. The zero-order valence-electron chi connectivity index (χ0n) is 10.4. The van der Waals surface area contributed by atoms with Gasteiger partial charge in [0.15, 0.2) is 9.84 Å². The maximum atomic E-state index is 12.0. The Morgan fingerprint density at radius 3 is 2.41 bits per heavy atom. The van der Waals surface area contributed by atoms with E-state index in [1.54, 1.807) is 4.90 Å². The van der Waals surface area contributed by atoms with E-state index in [0.717, 1.165) is 19.3 Å². The fraction of sp³-hybridized carbons (Fsp3) is 0.909. The molecule has 17 heavy (non-hydrogen) atoms. The number of carbonyl (C=O) groups excluding carboxylic acids is 1. The molecule has 0 bridgehead atoms. The second-order valence-electron chi connectivity index (χ2n) is 4.54. The first kappa shape index (κ1) is 14.4. The average Bonchev–Trinajstić information content (AvgIpc) is 2.35. The van der Waals surface area contributed by atoms with E-state index in [9.17, 15) is 13.2 Å². The third-order valence-electron chi connectivity index (χ3n) is 3.19. The molecule has 2 N–H and O–H groups in total. The van der Waals surface area contributed by atoms with Crippen molar-refractivity contribution in [3.05, 3.63) is 0 Å².